The summed E-state index contributed by atoms with van der Waals surface area (Å²) in [7, 11) is 1.77. The van der Waals surface area contributed by atoms with Gasteiger partial charge in [0.1, 0.15) is 12.4 Å². The van der Waals surface area contributed by atoms with Gasteiger partial charge in [0.2, 0.25) is 0 Å². The number of aryl methyl sites for hydroxylation is 1. The van der Waals surface area contributed by atoms with Crippen molar-refractivity contribution in [2.75, 3.05) is 40.0 Å². The molecule has 0 spiro atoms. The molecule has 0 radical (unpaired) electrons. The molecule has 2 N–H and O–H groups in total. The Labute approximate surface area is 163 Å². The molecule has 5 nitrogen and oxygen atoms in total. The number of rotatable bonds is 10. The van der Waals surface area contributed by atoms with Crippen LogP contribution in [0.1, 0.15) is 25.8 Å². The fourth-order valence-corrected chi connectivity index (χ4v) is 1.89. The first-order valence-corrected chi connectivity index (χ1v) is 8.33. The molecule has 0 aliphatic rings. The molecule has 0 heterocycles. The summed E-state index contributed by atoms with van der Waals surface area (Å²) in [5.41, 5.74) is 1.23. The Kier molecular flexibility index (Phi) is 13.7. The number of hydrogen-bond acceptors (Lipinski definition) is 3. The fourth-order valence-electron chi connectivity index (χ4n) is 1.89. The third-order valence-electron chi connectivity index (χ3n) is 3.12. The molecule has 138 valence electrons. The lowest BCUT2D eigenvalue weighted by molar-refractivity contribution is 0.108. The van der Waals surface area contributed by atoms with Crippen LogP contribution in [0.5, 0.6) is 5.75 Å². The van der Waals surface area contributed by atoms with Crippen LogP contribution < -0.4 is 15.4 Å². The van der Waals surface area contributed by atoms with E-state index in [-0.39, 0.29) is 24.0 Å². The molecule has 0 atom stereocenters. The summed E-state index contributed by atoms with van der Waals surface area (Å²) in [6, 6.07) is 8.06. The summed E-state index contributed by atoms with van der Waals surface area (Å²) in [6.07, 6.45) is 0.966. The highest BCUT2D eigenvalue weighted by Crippen LogP contribution is 2.10. The predicted octanol–water partition coefficient (Wildman–Crippen LogP) is 3.22. The maximum absolute atomic E-state index is 5.67. The van der Waals surface area contributed by atoms with Crippen LogP contribution >= 0.6 is 24.0 Å². The van der Waals surface area contributed by atoms with E-state index in [1.807, 2.05) is 24.3 Å². The molecule has 0 aliphatic carbocycles. The van der Waals surface area contributed by atoms with Gasteiger partial charge in [0.15, 0.2) is 5.96 Å². The molecular formula is C18H32IN3O2. The second-order valence-electron chi connectivity index (χ2n) is 5.91. The van der Waals surface area contributed by atoms with Gasteiger partial charge in [0.05, 0.1) is 6.54 Å². The van der Waals surface area contributed by atoms with Gasteiger partial charge >= 0.3 is 0 Å². The normalized spacial score (nSPS) is 11.1. The number of nitrogens with one attached hydrogen (secondary N) is 2. The molecule has 24 heavy (non-hydrogen) atoms. The van der Waals surface area contributed by atoms with Crippen molar-refractivity contribution < 1.29 is 9.47 Å². The molecule has 0 saturated heterocycles. The van der Waals surface area contributed by atoms with E-state index < -0.39 is 0 Å². The Morgan fingerprint density at radius 3 is 2.38 bits per heavy atom. The first kappa shape index (κ1) is 23.0. The van der Waals surface area contributed by atoms with Gasteiger partial charge in [-0.2, -0.15) is 0 Å². The average Bonchev–Trinajstić information content (AvgIpc) is 2.54. The Hall–Kier alpha value is -1.02. The number of halogens is 1. The van der Waals surface area contributed by atoms with Gasteiger partial charge in [-0.05, 0) is 31.4 Å². The summed E-state index contributed by atoms with van der Waals surface area (Å²) in [5.74, 6) is 2.27. The third kappa shape index (κ3) is 11.5. The van der Waals surface area contributed by atoms with Gasteiger partial charge in [0.25, 0.3) is 0 Å². The molecule has 6 heteroatoms. The van der Waals surface area contributed by atoms with Crippen LogP contribution in [-0.4, -0.2) is 45.9 Å². The fraction of sp³-hybridized carbons (Fsp3) is 0.611. The van der Waals surface area contributed by atoms with Gasteiger partial charge < -0.3 is 20.1 Å². The molecule has 1 aromatic rings. The van der Waals surface area contributed by atoms with Crippen LogP contribution in [0.3, 0.4) is 0 Å². The topological polar surface area (TPSA) is 54.9 Å². The van der Waals surface area contributed by atoms with E-state index in [1.54, 1.807) is 7.05 Å². The first-order chi connectivity index (χ1) is 11.1. The minimum Gasteiger partial charge on any atom is -0.492 e. The quantitative estimate of drug-likeness (QED) is 0.249. The Bertz CT molecular complexity index is 450. The number of nitrogens with zero attached hydrogens (tertiary/aromatic N) is 1. The van der Waals surface area contributed by atoms with Crippen molar-refractivity contribution in [3.05, 3.63) is 29.8 Å². The largest absolute Gasteiger partial charge is 0.492 e. The van der Waals surface area contributed by atoms with Gasteiger partial charge in [-0.1, -0.05) is 31.5 Å². The van der Waals surface area contributed by atoms with Crippen LogP contribution in [0, 0.1) is 12.8 Å². The van der Waals surface area contributed by atoms with E-state index in [2.05, 4.69) is 36.4 Å². The zero-order valence-corrected chi connectivity index (χ0v) is 17.6. The number of ether oxygens (including phenoxy) is 2. The number of guanidine groups is 1. The first-order valence-electron chi connectivity index (χ1n) is 8.33. The summed E-state index contributed by atoms with van der Waals surface area (Å²) < 4.78 is 11.2. The lowest BCUT2D eigenvalue weighted by Gasteiger charge is -2.13. The second-order valence-corrected chi connectivity index (χ2v) is 5.91. The second kappa shape index (κ2) is 14.3. The summed E-state index contributed by atoms with van der Waals surface area (Å²) in [4.78, 5) is 4.19. The minimum absolute atomic E-state index is 0. The molecule has 0 saturated carbocycles. The van der Waals surface area contributed by atoms with Crippen LogP contribution in [0.25, 0.3) is 0 Å². The number of benzene rings is 1. The maximum atomic E-state index is 5.67. The van der Waals surface area contributed by atoms with Crippen molar-refractivity contribution >= 4 is 29.9 Å². The van der Waals surface area contributed by atoms with E-state index in [9.17, 15) is 0 Å². The third-order valence-corrected chi connectivity index (χ3v) is 3.12. The SMILES string of the molecule is CN=C(NCCCOCC(C)C)NCCOc1ccc(C)cc1.I. The number of hydrogen-bond donors (Lipinski definition) is 2. The van der Waals surface area contributed by atoms with Gasteiger partial charge in [-0.25, -0.2) is 0 Å². The Balaban J connectivity index is 0.00000529. The van der Waals surface area contributed by atoms with Gasteiger partial charge in [-0.15, -0.1) is 24.0 Å². The minimum atomic E-state index is 0. The zero-order chi connectivity index (χ0) is 16.9. The highest BCUT2D eigenvalue weighted by molar-refractivity contribution is 14.0. The summed E-state index contributed by atoms with van der Waals surface area (Å²) in [6.45, 7) is 10.1. The highest BCUT2D eigenvalue weighted by Gasteiger charge is 1.98. The van der Waals surface area contributed by atoms with Crippen molar-refractivity contribution in [2.45, 2.75) is 27.2 Å². The van der Waals surface area contributed by atoms with E-state index >= 15 is 0 Å². The smallest absolute Gasteiger partial charge is 0.191 e. The lowest BCUT2D eigenvalue weighted by atomic mass is 10.2. The van der Waals surface area contributed by atoms with Crippen molar-refractivity contribution in [3.63, 3.8) is 0 Å². The van der Waals surface area contributed by atoms with Crippen molar-refractivity contribution in [1.82, 2.24) is 10.6 Å². The molecule has 0 aliphatic heterocycles. The Morgan fingerprint density at radius 1 is 1.08 bits per heavy atom. The Morgan fingerprint density at radius 2 is 1.75 bits per heavy atom. The molecular weight excluding hydrogens is 417 g/mol. The van der Waals surface area contributed by atoms with Crippen molar-refractivity contribution in [3.8, 4) is 5.75 Å². The van der Waals surface area contributed by atoms with Crippen molar-refractivity contribution in [1.29, 1.82) is 0 Å². The van der Waals surface area contributed by atoms with E-state index in [1.165, 1.54) is 5.56 Å². The van der Waals surface area contributed by atoms with Crippen LogP contribution in [0.4, 0.5) is 0 Å². The van der Waals surface area contributed by atoms with Crippen LogP contribution in [0.2, 0.25) is 0 Å². The molecule has 0 unspecified atom stereocenters. The number of aliphatic imine (C=N–C) groups is 1. The zero-order valence-electron chi connectivity index (χ0n) is 15.3. The van der Waals surface area contributed by atoms with Crippen LogP contribution in [0.15, 0.2) is 29.3 Å². The monoisotopic (exact) mass is 449 g/mol. The summed E-state index contributed by atoms with van der Waals surface area (Å²) >= 11 is 0. The van der Waals surface area contributed by atoms with Gasteiger partial charge in [0, 0.05) is 26.8 Å². The van der Waals surface area contributed by atoms with Crippen molar-refractivity contribution in [2.24, 2.45) is 10.9 Å². The van der Waals surface area contributed by atoms with E-state index in [0.29, 0.717) is 19.1 Å². The maximum Gasteiger partial charge on any atom is 0.191 e. The average molecular weight is 449 g/mol. The van der Waals surface area contributed by atoms with Crippen LogP contribution in [-0.2, 0) is 4.74 Å². The predicted molar refractivity (Wildman–Crippen MR) is 112 cm³/mol. The molecule has 0 fully saturated rings. The molecule has 1 rings (SSSR count). The van der Waals surface area contributed by atoms with E-state index in [0.717, 1.165) is 37.9 Å². The molecule has 0 aromatic heterocycles. The highest BCUT2D eigenvalue weighted by atomic mass is 127. The lowest BCUT2D eigenvalue weighted by Crippen LogP contribution is -2.39. The molecule has 0 amide bonds. The summed E-state index contributed by atoms with van der Waals surface area (Å²) in [5, 5.41) is 6.50. The standard InChI is InChI=1S/C18H31N3O2.HI/c1-15(2)14-22-12-5-10-20-18(19-4)21-11-13-23-17-8-6-16(3)7-9-17;/h6-9,15H,5,10-14H2,1-4H3,(H2,19,20,21);1H. The molecule has 0 bridgehead atoms. The van der Waals surface area contributed by atoms with Gasteiger partial charge in [-0.3, -0.25) is 4.99 Å². The molecule has 1 aromatic carbocycles. The van der Waals surface area contributed by atoms with E-state index in [4.69, 9.17) is 9.47 Å².